The molecule has 130 valence electrons. The molecule has 2 nitrogen and oxygen atoms in total. The zero-order chi connectivity index (χ0) is 17.9. The molecule has 1 aliphatic carbocycles. The lowest BCUT2D eigenvalue weighted by atomic mass is 9.81. The first kappa shape index (κ1) is 18.8. The largest absolute Gasteiger partial charge is 0.358 e. The number of nitrogens with one attached hydrogen (secondary N) is 1. The molecule has 1 aromatic heterocycles. The number of carbonyl (C=O) groups excluding carboxylic acids is 1. The molecular weight excluding hydrogens is 314 g/mol. The Kier molecular flexibility index (Phi) is 5.93. The van der Waals surface area contributed by atoms with Crippen molar-refractivity contribution in [1.82, 2.24) is 0 Å². The van der Waals surface area contributed by atoms with Gasteiger partial charge in [-0.05, 0) is 51.5 Å². The third-order valence-corrected chi connectivity index (χ3v) is 5.57. The van der Waals surface area contributed by atoms with Crippen LogP contribution in [-0.4, -0.2) is 5.78 Å². The van der Waals surface area contributed by atoms with E-state index in [9.17, 15) is 4.79 Å². The van der Waals surface area contributed by atoms with E-state index in [1.54, 1.807) is 6.92 Å². The van der Waals surface area contributed by atoms with E-state index in [0.717, 1.165) is 27.1 Å². The summed E-state index contributed by atoms with van der Waals surface area (Å²) in [6.07, 6.45) is 4.89. The highest BCUT2D eigenvalue weighted by Gasteiger charge is 2.22. The fourth-order valence-corrected chi connectivity index (χ4v) is 3.80. The van der Waals surface area contributed by atoms with Crippen LogP contribution in [0.3, 0.4) is 0 Å². The normalized spacial score (nSPS) is 20.9. The second kappa shape index (κ2) is 7.57. The topological polar surface area (TPSA) is 29.1 Å². The van der Waals surface area contributed by atoms with Crippen molar-refractivity contribution in [3.8, 4) is 11.8 Å². The first-order valence-corrected chi connectivity index (χ1v) is 9.61. The van der Waals surface area contributed by atoms with Crippen LogP contribution in [0.25, 0.3) is 0 Å². The lowest BCUT2D eigenvalue weighted by Crippen LogP contribution is -2.18. The van der Waals surface area contributed by atoms with E-state index in [-0.39, 0.29) is 11.2 Å². The van der Waals surface area contributed by atoms with Gasteiger partial charge in [0.2, 0.25) is 0 Å². The second-order valence-electron chi connectivity index (χ2n) is 8.02. The molecule has 2 rings (SSSR count). The van der Waals surface area contributed by atoms with E-state index < -0.39 is 0 Å². The molecule has 0 aromatic carbocycles. The number of carbonyl (C=O) groups is 1. The molecule has 0 radical (unpaired) electrons. The van der Waals surface area contributed by atoms with Crippen molar-refractivity contribution in [1.29, 1.82) is 0 Å². The summed E-state index contributed by atoms with van der Waals surface area (Å²) in [7, 11) is 0. The summed E-state index contributed by atoms with van der Waals surface area (Å²) in [6, 6.07) is 2.00. The molecular formula is C21H29NOS. The van der Waals surface area contributed by atoms with Gasteiger partial charge in [0.15, 0.2) is 5.78 Å². The highest BCUT2D eigenvalue weighted by molar-refractivity contribution is 7.15. The van der Waals surface area contributed by atoms with Gasteiger partial charge in [0.1, 0.15) is 0 Å². The summed E-state index contributed by atoms with van der Waals surface area (Å²) < 4.78 is 0. The molecule has 0 amide bonds. The van der Waals surface area contributed by atoms with Crippen LogP contribution in [0.4, 0.5) is 5.69 Å². The molecule has 1 aliphatic rings. The summed E-state index contributed by atoms with van der Waals surface area (Å²) >= 11 is 1.47. The van der Waals surface area contributed by atoms with Gasteiger partial charge in [0.05, 0.1) is 15.4 Å². The predicted octanol–water partition coefficient (Wildman–Crippen LogP) is 6.10. The van der Waals surface area contributed by atoms with Gasteiger partial charge in [0.25, 0.3) is 0 Å². The first-order chi connectivity index (χ1) is 11.2. The quantitative estimate of drug-likeness (QED) is 0.528. The van der Waals surface area contributed by atoms with E-state index in [2.05, 4.69) is 51.4 Å². The minimum Gasteiger partial charge on any atom is -0.358 e. The Morgan fingerprint density at radius 1 is 1.29 bits per heavy atom. The summed E-state index contributed by atoms with van der Waals surface area (Å²) in [4.78, 5) is 13.7. The van der Waals surface area contributed by atoms with Crippen LogP contribution in [0.5, 0.6) is 0 Å². The molecule has 1 heterocycles. The molecule has 0 unspecified atom stereocenters. The predicted molar refractivity (Wildman–Crippen MR) is 105 cm³/mol. The lowest BCUT2D eigenvalue weighted by Gasteiger charge is -2.28. The summed E-state index contributed by atoms with van der Waals surface area (Å²) in [6.45, 7) is 14.4. The van der Waals surface area contributed by atoms with Crippen molar-refractivity contribution in [2.24, 2.45) is 17.3 Å². The average Bonchev–Trinajstić information content (AvgIpc) is 2.88. The van der Waals surface area contributed by atoms with Crippen LogP contribution in [0, 0.1) is 29.1 Å². The molecule has 0 atom stereocenters. The maximum absolute atomic E-state index is 12.0. The number of anilines is 1. The summed E-state index contributed by atoms with van der Waals surface area (Å²) in [5.74, 6) is 7.85. The Balaban J connectivity index is 2.16. The lowest BCUT2D eigenvalue weighted by molar-refractivity contribution is 0.102. The van der Waals surface area contributed by atoms with Crippen LogP contribution in [0.15, 0.2) is 18.3 Å². The van der Waals surface area contributed by atoms with Crippen molar-refractivity contribution < 1.29 is 4.79 Å². The number of thiophene rings is 1. The third-order valence-electron chi connectivity index (χ3n) is 4.42. The van der Waals surface area contributed by atoms with Crippen molar-refractivity contribution in [2.45, 2.75) is 60.3 Å². The molecule has 1 fully saturated rings. The molecule has 0 bridgehead atoms. The van der Waals surface area contributed by atoms with Gasteiger partial charge in [-0.15, -0.1) is 11.3 Å². The number of hydrogen-bond acceptors (Lipinski definition) is 3. The molecule has 0 saturated heterocycles. The molecule has 3 heteroatoms. The highest BCUT2D eigenvalue weighted by Crippen LogP contribution is 2.35. The van der Waals surface area contributed by atoms with E-state index in [4.69, 9.17) is 0 Å². The fraction of sp³-hybridized carbons (Fsp3) is 0.571. The van der Waals surface area contributed by atoms with Gasteiger partial charge in [0, 0.05) is 18.0 Å². The van der Waals surface area contributed by atoms with Crippen molar-refractivity contribution in [3.05, 3.63) is 28.1 Å². The van der Waals surface area contributed by atoms with E-state index in [1.807, 2.05) is 6.07 Å². The summed E-state index contributed by atoms with van der Waals surface area (Å²) in [5.41, 5.74) is 1.86. The maximum Gasteiger partial charge on any atom is 0.171 e. The Labute approximate surface area is 150 Å². The average molecular weight is 344 g/mol. The fourth-order valence-electron chi connectivity index (χ4n) is 2.94. The minimum absolute atomic E-state index is 0.0453. The standard InChI is InChI=1S/C21H29NOS/c1-14-7-9-17(10-8-14)15(2)22-19-13-18(11-12-21(4,5)6)24-20(19)16(3)23/h13-14,17,22H,2,7-10H2,1,3-6H3. The van der Waals surface area contributed by atoms with Gasteiger partial charge in [-0.1, -0.05) is 38.2 Å². The number of ketones is 1. The van der Waals surface area contributed by atoms with Crippen molar-refractivity contribution in [2.75, 3.05) is 5.32 Å². The number of Topliss-reactive ketones (excluding diaryl/α,β-unsaturated/α-hetero) is 1. The molecule has 24 heavy (non-hydrogen) atoms. The Morgan fingerprint density at radius 3 is 2.46 bits per heavy atom. The minimum atomic E-state index is -0.0453. The number of hydrogen-bond donors (Lipinski definition) is 1. The van der Waals surface area contributed by atoms with Gasteiger partial charge >= 0.3 is 0 Å². The van der Waals surface area contributed by atoms with E-state index in [1.165, 1.54) is 37.0 Å². The van der Waals surface area contributed by atoms with E-state index in [0.29, 0.717) is 5.92 Å². The molecule has 0 spiro atoms. The zero-order valence-corrected chi connectivity index (χ0v) is 16.4. The first-order valence-electron chi connectivity index (χ1n) is 8.79. The molecule has 0 aliphatic heterocycles. The van der Waals surface area contributed by atoms with Crippen LogP contribution in [0.1, 0.15) is 74.9 Å². The van der Waals surface area contributed by atoms with Crippen LogP contribution < -0.4 is 5.32 Å². The molecule has 1 aromatic rings. The SMILES string of the molecule is C=C(Nc1cc(C#CC(C)(C)C)sc1C(C)=O)C1CCC(C)CC1. The second-order valence-corrected chi connectivity index (χ2v) is 9.07. The van der Waals surface area contributed by atoms with Crippen molar-refractivity contribution >= 4 is 22.8 Å². The van der Waals surface area contributed by atoms with Gasteiger partial charge < -0.3 is 5.32 Å². The van der Waals surface area contributed by atoms with Crippen LogP contribution in [-0.2, 0) is 0 Å². The summed E-state index contributed by atoms with van der Waals surface area (Å²) in [5, 5.41) is 3.42. The zero-order valence-electron chi connectivity index (χ0n) is 15.6. The monoisotopic (exact) mass is 343 g/mol. The van der Waals surface area contributed by atoms with Gasteiger partial charge in [-0.2, -0.15) is 0 Å². The maximum atomic E-state index is 12.0. The third kappa shape index (κ3) is 5.24. The smallest absolute Gasteiger partial charge is 0.171 e. The highest BCUT2D eigenvalue weighted by atomic mass is 32.1. The number of rotatable bonds is 4. The van der Waals surface area contributed by atoms with Gasteiger partial charge in [-0.3, -0.25) is 4.79 Å². The Morgan fingerprint density at radius 2 is 1.92 bits per heavy atom. The van der Waals surface area contributed by atoms with Crippen LogP contribution >= 0.6 is 11.3 Å². The Bertz CT molecular complexity index is 673. The Hall–Kier alpha value is -1.53. The van der Waals surface area contributed by atoms with Crippen LogP contribution in [0.2, 0.25) is 0 Å². The molecule has 1 saturated carbocycles. The van der Waals surface area contributed by atoms with Gasteiger partial charge in [-0.25, -0.2) is 0 Å². The number of allylic oxidation sites excluding steroid dienone is 1. The van der Waals surface area contributed by atoms with Crippen molar-refractivity contribution in [3.63, 3.8) is 0 Å². The molecule has 1 N–H and O–H groups in total. The van der Waals surface area contributed by atoms with E-state index >= 15 is 0 Å².